The van der Waals surface area contributed by atoms with Crippen LogP contribution in [-0.4, -0.2) is 32.8 Å². The lowest BCUT2D eigenvalue weighted by Crippen LogP contribution is -2.17. The van der Waals surface area contributed by atoms with Gasteiger partial charge in [0.25, 0.3) is 0 Å². The molecule has 2 aromatic heterocycles. The van der Waals surface area contributed by atoms with Gasteiger partial charge in [-0.25, -0.2) is 9.97 Å². The topological polar surface area (TPSA) is 70.6 Å². The van der Waals surface area contributed by atoms with Crippen molar-refractivity contribution in [1.82, 2.24) is 19.7 Å². The minimum Gasteiger partial charge on any atom is -0.372 e. The van der Waals surface area contributed by atoms with Crippen LogP contribution in [0, 0.1) is 11.3 Å². The molecular weight excluding hydrogens is 336 g/mol. The molecule has 0 amide bonds. The number of hydrogen-bond donors (Lipinski definition) is 0. The van der Waals surface area contributed by atoms with Crippen molar-refractivity contribution in [3.8, 4) is 17.5 Å². The molecule has 2 aromatic carbocycles. The number of anilines is 1. The maximum atomic E-state index is 9.48. The molecule has 0 bridgehead atoms. The highest BCUT2D eigenvalue weighted by atomic mass is 15.2. The van der Waals surface area contributed by atoms with E-state index in [9.17, 15) is 5.26 Å². The van der Waals surface area contributed by atoms with Crippen LogP contribution < -0.4 is 4.90 Å². The van der Waals surface area contributed by atoms with E-state index < -0.39 is 0 Å². The average molecular weight is 354 g/mol. The fraction of sp³-hybridized carbons (Fsp3) is 0.238. The first-order valence-corrected chi connectivity index (χ1v) is 9.11. The summed E-state index contributed by atoms with van der Waals surface area (Å²) in [7, 11) is 1.85. The standard InChI is InChI=1S/C21H18N6/c1-26-13-17-9-14(8-15(11-22)20(17)25-26)21-23-12-16-10-18(4-5-19(16)24-21)27-6-2-3-7-27/h4-5,8-10,12-13H,2-3,6-7H2,1H3. The molecule has 1 saturated heterocycles. The van der Waals surface area contributed by atoms with Crippen LogP contribution in [0.2, 0.25) is 0 Å². The molecule has 6 nitrogen and oxygen atoms in total. The van der Waals surface area contributed by atoms with Crippen molar-refractivity contribution in [2.75, 3.05) is 18.0 Å². The van der Waals surface area contributed by atoms with Gasteiger partial charge in [-0.05, 0) is 43.2 Å². The predicted molar refractivity (Wildman–Crippen MR) is 105 cm³/mol. The summed E-state index contributed by atoms with van der Waals surface area (Å²) in [6, 6.07) is 12.4. The van der Waals surface area contributed by atoms with Crippen LogP contribution in [0.3, 0.4) is 0 Å². The third kappa shape index (κ3) is 2.68. The lowest BCUT2D eigenvalue weighted by molar-refractivity contribution is 0.779. The normalized spacial score (nSPS) is 14.1. The number of nitriles is 1. The second-order valence-corrected chi connectivity index (χ2v) is 7.01. The maximum Gasteiger partial charge on any atom is 0.159 e. The van der Waals surface area contributed by atoms with E-state index in [1.807, 2.05) is 31.6 Å². The largest absolute Gasteiger partial charge is 0.372 e. The number of fused-ring (bicyclic) bond motifs is 2. The molecule has 1 fully saturated rings. The van der Waals surface area contributed by atoms with Gasteiger partial charge in [-0.15, -0.1) is 0 Å². The number of rotatable bonds is 2. The van der Waals surface area contributed by atoms with Gasteiger partial charge in [-0.2, -0.15) is 10.4 Å². The summed E-state index contributed by atoms with van der Waals surface area (Å²) in [6.45, 7) is 2.24. The molecule has 132 valence electrons. The lowest BCUT2D eigenvalue weighted by atomic mass is 10.1. The highest BCUT2D eigenvalue weighted by molar-refractivity contribution is 5.89. The van der Waals surface area contributed by atoms with Crippen molar-refractivity contribution < 1.29 is 0 Å². The zero-order valence-corrected chi connectivity index (χ0v) is 15.1. The molecule has 0 spiro atoms. The highest BCUT2D eigenvalue weighted by Crippen LogP contribution is 2.28. The minimum absolute atomic E-state index is 0.538. The second-order valence-electron chi connectivity index (χ2n) is 7.01. The molecule has 0 radical (unpaired) electrons. The minimum atomic E-state index is 0.538. The number of nitrogens with zero attached hydrogens (tertiary/aromatic N) is 6. The summed E-state index contributed by atoms with van der Waals surface area (Å²) in [5, 5.41) is 15.8. The summed E-state index contributed by atoms with van der Waals surface area (Å²) < 4.78 is 1.72. The molecule has 0 aliphatic carbocycles. The van der Waals surface area contributed by atoms with Gasteiger partial charge in [0.1, 0.15) is 11.6 Å². The Morgan fingerprint density at radius 3 is 2.74 bits per heavy atom. The Morgan fingerprint density at radius 2 is 1.93 bits per heavy atom. The van der Waals surface area contributed by atoms with Crippen LogP contribution >= 0.6 is 0 Å². The van der Waals surface area contributed by atoms with E-state index in [0.717, 1.165) is 34.9 Å². The first-order valence-electron chi connectivity index (χ1n) is 9.11. The molecule has 3 heterocycles. The first kappa shape index (κ1) is 15.8. The van der Waals surface area contributed by atoms with Crippen molar-refractivity contribution >= 4 is 27.5 Å². The Hall–Kier alpha value is -3.46. The molecule has 0 saturated carbocycles. The van der Waals surface area contributed by atoms with E-state index in [0.29, 0.717) is 16.9 Å². The fourth-order valence-electron chi connectivity index (χ4n) is 3.80. The van der Waals surface area contributed by atoms with E-state index in [2.05, 4.69) is 39.3 Å². The van der Waals surface area contributed by atoms with Crippen molar-refractivity contribution in [3.05, 3.63) is 48.3 Å². The second kappa shape index (κ2) is 6.06. The number of benzene rings is 2. The Labute approximate surface area is 156 Å². The van der Waals surface area contributed by atoms with Crippen molar-refractivity contribution in [2.24, 2.45) is 7.05 Å². The predicted octanol–water partition coefficient (Wildman–Crippen LogP) is 3.66. The smallest absolute Gasteiger partial charge is 0.159 e. The first-order chi connectivity index (χ1) is 13.2. The molecule has 4 aromatic rings. The van der Waals surface area contributed by atoms with Gasteiger partial charge in [-0.3, -0.25) is 4.68 Å². The Balaban J connectivity index is 1.59. The van der Waals surface area contributed by atoms with E-state index in [1.165, 1.54) is 18.5 Å². The summed E-state index contributed by atoms with van der Waals surface area (Å²) in [6.07, 6.45) is 6.29. The molecule has 0 unspecified atom stereocenters. The van der Waals surface area contributed by atoms with E-state index in [4.69, 9.17) is 4.98 Å². The van der Waals surface area contributed by atoms with E-state index >= 15 is 0 Å². The van der Waals surface area contributed by atoms with E-state index in [1.54, 1.807) is 4.68 Å². The van der Waals surface area contributed by atoms with Gasteiger partial charge >= 0.3 is 0 Å². The molecule has 1 aliphatic rings. The maximum absolute atomic E-state index is 9.48. The van der Waals surface area contributed by atoms with Gasteiger partial charge in [-0.1, -0.05) is 0 Å². The summed E-state index contributed by atoms with van der Waals surface area (Å²) in [5.74, 6) is 0.624. The third-order valence-electron chi connectivity index (χ3n) is 5.14. The SMILES string of the molecule is Cn1cc2cc(-c3ncc4cc(N5CCCC5)ccc4n3)cc(C#N)c2n1. The van der Waals surface area contributed by atoms with Gasteiger partial charge in [0.15, 0.2) is 5.82 Å². The molecule has 5 rings (SSSR count). The van der Waals surface area contributed by atoms with Crippen LogP contribution in [0.25, 0.3) is 33.2 Å². The van der Waals surface area contributed by atoms with Gasteiger partial charge in [0, 0.05) is 54.6 Å². The molecule has 1 aliphatic heterocycles. The number of aryl methyl sites for hydroxylation is 1. The Bertz CT molecular complexity index is 1210. The molecule has 0 atom stereocenters. The molecule has 27 heavy (non-hydrogen) atoms. The van der Waals surface area contributed by atoms with Crippen molar-refractivity contribution in [3.63, 3.8) is 0 Å². The number of aromatic nitrogens is 4. The van der Waals surface area contributed by atoms with Crippen molar-refractivity contribution in [1.29, 1.82) is 5.26 Å². The molecular formula is C21H18N6. The molecule has 0 N–H and O–H groups in total. The highest BCUT2D eigenvalue weighted by Gasteiger charge is 2.14. The number of hydrogen-bond acceptors (Lipinski definition) is 5. The van der Waals surface area contributed by atoms with Gasteiger partial charge in [0.05, 0.1) is 11.1 Å². The van der Waals surface area contributed by atoms with Crippen LogP contribution in [0.4, 0.5) is 5.69 Å². The van der Waals surface area contributed by atoms with E-state index in [-0.39, 0.29) is 0 Å². The molecule has 6 heteroatoms. The average Bonchev–Trinajstić information content (AvgIpc) is 3.35. The zero-order chi connectivity index (χ0) is 18.4. The summed E-state index contributed by atoms with van der Waals surface area (Å²) in [4.78, 5) is 11.7. The summed E-state index contributed by atoms with van der Waals surface area (Å²) in [5.41, 5.74) is 4.22. The summed E-state index contributed by atoms with van der Waals surface area (Å²) >= 11 is 0. The zero-order valence-electron chi connectivity index (χ0n) is 15.1. The van der Waals surface area contributed by atoms with Crippen LogP contribution in [0.5, 0.6) is 0 Å². The van der Waals surface area contributed by atoms with Crippen LogP contribution in [0.1, 0.15) is 18.4 Å². The van der Waals surface area contributed by atoms with Gasteiger partial charge < -0.3 is 4.90 Å². The fourth-order valence-corrected chi connectivity index (χ4v) is 3.80. The van der Waals surface area contributed by atoms with Crippen LogP contribution in [-0.2, 0) is 7.05 Å². The Morgan fingerprint density at radius 1 is 1.07 bits per heavy atom. The Kier molecular flexibility index (Phi) is 3.54. The van der Waals surface area contributed by atoms with Gasteiger partial charge in [0.2, 0.25) is 0 Å². The monoisotopic (exact) mass is 354 g/mol. The third-order valence-corrected chi connectivity index (χ3v) is 5.14. The van der Waals surface area contributed by atoms with Crippen LogP contribution in [0.15, 0.2) is 42.7 Å². The lowest BCUT2D eigenvalue weighted by Gasteiger charge is -2.17. The quantitative estimate of drug-likeness (QED) is 0.549. The van der Waals surface area contributed by atoms with Crippen molar-refractivity contribution in [2.45, 2.75) is 12.8 Å².